The lowest BCUT2D eigenvalue weighted by atomic mass is 9.86. The number of likely N-dealkylation sites (N-methyl/N-ethyl adjacent to an activating group) is 1. The number of benzene rings is 1. The number of aryl methyl sites for hydroxylation is 1. The van der Waals surface area contributed by atoms with Gasteiger partial charge in [0.15, 0.2) is 0 Å². The van der Waals surface area contributed by atoms with Gasteiger partial charge in [-0.15, -0.1) is 0 Å². The minimum Gasteiger partial charge on any atom is -0.373 e. The van der Waals surface area contributed by atoms with Crippen LogP contribution in [0.5, 0.6) is 0 Å². The summed E-state index contributed by atoms with van der Waals surface area (Å²) >= 11 is 0. The number of hydrogen-bond donors (Lipinski definition) is 2. The van der Waals surface area contributed by atoms with Crippen LogP contribution in [-0.4, -0.2) is 76.6 Å². The third-order valence-electron chi connectivity index (χ3n) is 7.39. The van der Waals surface area contributed by atoms with Crippen LogP contribution in [0, 0.1) is 6.92 Å². The molecule has 1 saturated heterocycles. The highest BCUT2D eigenvalue weighted by Crippen LogP contribution is 2.32. The van der Waals surface area contributed by atoms with Crippen LogP contribution in [0.1, 0.15) is 35.4 Å². The van der Waals surface area contributed by atoms with Crippen LogP contribution in [-0.2, 0) is 6.54 Å². The summed E-state index contributed by atoms with van der Waals surface area (Å²) in [5.74, 6) is 2.12. The molecule has 5 rings (SSSR count). The molecule has 0 spiro atoms. The van der Waals surface area contributed by atoms with Crippen molar-refractivity contribution in [3.8, 4) is 0 Å². The zero-order valence-electron chi connectivity index (χ0n) is 22.4. The first kappa shape index (κ1) is 25.2. The number of anilines is 3. The second-order valence-corrected chi connectivity index (χ2v) is 10.3. The molecule has 0 atom stereocenters. The minimum atomic E-state index is 0.605. The zero-order chi connectivity index (χ0) is 25.8. The quantitative estimate of drug-likeness (QED) is 0.346. The summed E-state index contributed by atoms with van der Waals surface area (Å²) in [6.07, 6.45) is 8.19. The molecule has 1 aromatic carbocycles. The third-order valence-corrected chi connectivity index (χ3v) is 7.39. The Hall–Kier alpha value is -3.49. The van der Waals surface area contributed by atoms with E-state index in [1.165, 1.54) is 37.1 Å². The first-order valence-corrected chi connectivity index (χ1v) is 13.2. The molecule has 1 aliphatic heterocycles. The summed E-state index contributed by atoms with van der Waals surface area (Å²) in [6, 6.07) is 12.8. The van der Waals surface area contributed by atoms with Gasteiger partial charge in [-0.25, -0.2) is 9.97 Å². The maximum Gasteiger partial charge on any atom is 0.229 e. The Bertz CT molecular complexity index is 1340. The molecule has 37 heavy (non-hydrogen) atoms. The van der Waals surface area contributed by atoms with Crippen LogP contribution in [0.2, 0.25) is 0 Å². The van der Waals surface area contributed by atoms with Gasteiger partial charge in [0, 0.05) is 55.4 Å². The first-order chi connectivity index (χ1) is 18.0. The van der Waals surface area contributed by atoms with Crippen LogP contribution in [0.25, 0.3) is 11.0 Å². The fourth-order valence-corrected chi connectivity index (χ4v) is 5.28. The topological polar surface area (TPSA) is 74.1 Å². The molecule has 4 aromatic rings. The SMILES string of the molecule is CNc1ncccc1Cn1ccc2cnc(Nc3ccc(C4CCN(CCN(C)C)CC4)c(C)c3)nc21. The smallest absolute Gasteiger partial charge is 0.229 e. The highest BCUT2D eigenvalue weighted by Gasteiger charge is 2.22. The number of aromatic nitrogens is 4. The van der Waals surface area contributed by atoms with Crippen LogP contribution in [0.15, 0.2) is 55.0 Å². The standard InChI is InChI=1S/C29H38N8/c1-21-18-25(7-8-26(21)22-9-13-36(14-10-22)17-16-35(3)4)33-29-32-19-23-11-15-37(28(23)34-29)20-24-6-5-12-31-27(24)30-2/h5-8,11-12,15,18-19,22H,9-10,13-14,16-17,20H2,1-4H3,(H,30,31)(H,32,33,34). The number of hydrogen-bond acceptors (Lipinski definition) is 7. The predicted molar refractivity (Wildman–Crippen MR) is 152 cm³/mol. The molecular weight excluding hydrogens is 460 g/mol. The molecule has 8 heteroatoms. The van der Waals surface area contributed by atoms with Gasteiger partial charge in [-0.1, -0.05) is 12.1 Å². The number of nitrogens with one attached hydrogen (secondary N) is 2. The average molecular weight is 499 g/mol. The Balaban J connectivity index is 1.27. The lowest BCUT2D eigenvalue weighted by molar-refractivity contribution is 0.193. The van der Waals surface area contributed by atoms with Crippen molar-refractivity contribution in [1.29, 1.82) is 0 Å². The third kappa shape index (κ3) is 5.92. The van der Waals surface area contributed by atoms with Crippen LogP contribution < -0.4 is 10.6 Å². The van der Waals surface area contributed by atoms with Crippen LogP contribution in [0.4, 0.5) is 17.5 Å². The summed E-state index contributed by atoms with van der Waals surface area (Å²) < 4.78 is 2.14. The van der Waals surface area contributed by atoms with E-state index in [-0.39, 0.29) is 0 Å². The fraction of sp³-hybridized carbons (Fsp3) is 0.414. The highest BCUT2D eigenvalue weighted by molar-refractivity contribution is 5.77. The second-order valence-electron chi connectivity index (χ2n) is 10.3. The van der Waals surface area contributed by atoms with E-state index in [1.807, 2.05) is 19.3 Å². The van der Waals surface area contributed by atoms with Gasteiger partial charge in [-0.3, -0.25) is 0 Å². The van der Waals surface area contributed by atoms with E-state index in [4.69, 9.17) is 4.98 Å². The van der Waals surface area contributed by atoms with Crippen molar-refractivity contribution < 1.29 is 0 Å². The van der Waals surface area contributed by atoms with E-state index in [1.54, 1.807) is 6.20 Å². The maximum atomic E-state index is 4.85. The first-order valence-electron chi connectivity index (χ1n) is 13.2. The number of rotatable bonds is 9. The number of pyridine rings is 1. The Kier molecular flexibility index (Phi) is 7.67. The molecule has 0 bridgehead atoms. The van der Waals surface area contributed by atoms with Gasteiger partial charge in [-0.2, -0.15) is 4.98 Å². The van der Waals surface area contributed by atoms with Crippen molar-refractivity contribution >= 4 is 28.5 Å². The minimum absolute atomic E-state index is 0.605. The van der Waals surface area contributed by atoms with Crippen LogP contribution >= 0.6 is 0 Å². The van der Waals surface area contributed by atoms with Gasteiger partial charge in [-0.05, 0) is 88.3 Å². The number of likely N-dealkylation sites (tertiary alicyclic amines) is 1. The van der Waals surface area contributed by atoms with Gasteiger partial charge in [0.25, 0.3) is 0 Å². The lowest BCUT2D eigenvalue weighted by Gasteiger charge is -2.33. The molecule has 3 aromatic heterocycles. The normalized spacial score (nSPS) is 14.9. The highest BCUT2D eigenvalue weighted by atomic mass is 15.2. The van der Waals surface area contributed by atoms with E-state index >= 15 is 0 Å². The molecule has 1 aliphatic rings. The van der Waals surface area contributed by atoms with E-state index in [9.17, 15) is 0 Å². The van der Waals surface area contributed by atoms with E-state index < -0.39 is 0 Å². The summed E-state index contributed by atoms with van der Waals surface area (Å²) in [6.45, 7) is 7.56. The molecule has 2 N–H and O–H groups in total. The largest absolute Gasteiger partial charge is 0.373 e. The molecule has 0 aliphatic carbocycles. The molecular formula is C29H38N8. The summed E-state index contributed by atoms with van der Waals surface area (Å²) in [5, 5.41) is 7.62. The molecule has 0 saturated carbocycles. The van der Waals surface area contributed by atoms with E-state index in [0.717, 1.165) is 41.2 Å². The molecule has 4 heterocycles. The van der Waals surface area contributed by atoms with Crippen LogP contribution in [0.3, 0.4) is 0 Å². The summed E-state index contributed by atoms with van der Waals surface area (Å²) in [4.78, 5) is 18.7. The molecule has 0 amide bonds. The maximum absolute atomic E-state index is 4.85. The average Bonchev–Trinajstić information content (AvgIpc) is 3.30. The van der Waals surface area contributed by atoms with Gasteiger partial charge in [0.1, 0.15) is 11.5 Å². The summed E-state index contributed by atoms with van der Waals surface area (Å²) in [5.41, 5.74) is 5.84. The van der Waals surface area contributed by atoms with E-state index in [0.29, 0.717) is 18.4 Å². The van der Waals surface area contributed by atoms with Gasteiger partial charge >= 0.3 is 0 Å². The summed E-state index contributed by atoms with van der Waals surface area (Å²) in [7, 11) is 6.19. The van der Waals surface area contributed by atoms with Crippen molar-refractivity contribution in [3.63, 3.8) is 0 Å². The molecule has 194 valence electrons. The van der Waals surface area contributed by atoms with Crippen molar-refractivity contribution in [2.45, 2.75) is 32.2 Å². The lowest BCUT2D eigenvalue weighted by Crippen LogP contribution is -2.37. The molecule has 0 unspecified atom stereocenters. The Morgan fingerprint density at radius 2 is 1.92 bits per heavy atom. The second kappa shape index (κ2) is 11.3. The Morgan fingerprint density at radius 1 is 1.08 bits per heavy atom. The van der Waals surface area contributed by atoms with Gasteiger partial charge in [0.2, 0.25) is 5.95 Å². The van der Waals surface area contributed by atoms with Gasteiger partial charge < -0.3 is 25.0 Å². The Morgan fingerprint density at radius 3 is 2.68 bits per heavy atom. The zero-order valence-corrected chi connectivity index (χ0v) is 22.4. The van der Waals surface area contributed by atoms with Gasteiger partial charge in [0.05, 0.1) is 6.54 Å². The molecule has 0 radical (unpaired) electrons. The Labute approximate surface area is 219 Å². The van der Waals surface area contributed by atoms with Crippen molar-refractivity contribution in [3.05, 3.63) is 71.7 Å². The molecule has 1 fully saturated rings. The van der Waals surface area contributed by atoms with Crippen molar-refractivity contribution in [2.75, 3.05) is 58.0 Å². The molecule has 8 nitrogen and oxygen atoms in total. The monoisotopic (exact) mass is 498 g/mol. The number of nitrogens with zero attached hydrogens (tertiary/aromatic N) is 6. The van der Waals surface area contributed by atoms with E-state index in [2.05, 4.69) is 92.5 Å². The number of piperidine rings is 1. The van der Waals surface area contributed by atoms with Crippen molar-refractivity contribution in [2.24, 2.45) is 0 Å². The predicted octanol–water partition coefficient (Wildman–Crippen LogP) is 4.71. The van der Waals surface area contributed by atoms with Crippen molar-refractivity contribution in [1.82, 2.24) is 29.3 Å². The fourth-order valence-electron chi connectivity index (χ4n) is 5.28. The number of fused-ring (bicyclic) bond motifs is 1.